The summed E-state index contributed by atoms with van der Waals surface area (Å²) in [6.45, 7) is 1.19. The number of halogens is 4. The van der Waals surface area contributed by atoms with Crippen LogP contribution in [0.25, 0.3) is 11.5 Å². The van der Waals surface area contributed by atoms with Gasteiger partial charge in [0, 0.05) is 13.2 Å². The molecule has 1 atom stereocenters. The molecule has 1 N–H and O–H groups in total. The van der Waals surface area contributed by atoms with E-state index in [-0.39, 0.29) is 28.9 Å². The maximum Gasteiger partial charge on any atom is 0.433 e. The standard InChI is InChI=1S/C14H13ClF3N5O/c15-12-21-11(9-4-1-5-10(20-9)14(16,17)18)22-13(23-12)19-7-8-3-2-6-24-8/h1,4-5,8H,2-3,6-7H2,(H,19,21,22,23). The van der Waals surface area contributed by atoms with Crippen molar-refractivity contribution in [2.24, 2.45) is 0 Å². The van der Waals surface area contributed by atoms with Gasteiger partial charge in [-0.05, 0) is 36.6 Å². The van der Waals surface area contributed by atoms with E-state index in [2.05, 4.69) is 25.3 Å². The molecule has 3 heterocycles. The second-order valence-electron chi connectivity index (χ2n) is 5.17. The molecule has 1 saturated heterocycles. The Morgan fingerprint density at radius 2 is 2.04 bits per heavy atom. The fourth-order valence-electron chi connectivity index (χ4n) is 2.27. The molecule has 0 bridgehead atoms. The van der Waals surface area contributed by atoms with Crippen LogP contribution in [0.5, 0.6) is 0 Å². The first-order chi connectivity index (χ1) is 11.4. The summed E-state index contributed by atoms with van der Waals surface area (Å²) in [5.41, 5.74) is -1.06. The molecular weight excluding hydrogens is 347 g/mol. The molecule has 1 aliphatic heterocycles. The van der Waals surface area contributed by atoms with E-state index < -0.39 is 11.9 Å². The van der Waals surface area contributed by atoms with Crippen LogP contribution in [0.1, 0.15) is 18.5 Å². The molecular formula is C14H13ClF3N5O. The highest BCUT2D eigenvalue weighted by atomic mass is 35.5. The summed E-state index contributed by atoms with van der Waals surface area (Å²) in [7, 11) is 0. The van der Waals surface area contributed by atoms with E-state index in [9.17, 15) is 13.2 Å². The van der Waals surface area contributed by atoms with Gasteiger partial charge in [-0.3, -0.25) is 0 Å². The number of aromatic nitrogens is 4. The number of pyridine rings is 1. The maximum absolute atomic E-state index is 12.8. The Morgan fingerprint density at radius 3 is 2.75 bits per heavy atom. The fraction of sp³-hybridized carbons (Fsp3) is 0.429. The Kier molecular flexibility index (Phi) is 4.81. The second kappa shape index (κ2) is 6.86. The topological polar surface area (TPSA) is 72.8 Å². The second-order valence-corrected chi connectivity index (χ2v) is 5.51. The van der Waals surface area contributed by atoms with Gasteiger partial charge in [0.25, 0.3) is 0 Å². The van der Waals surface area contributed by atoms with Crippen molar-refractivity contribution in [3.63, 3.8) is 0 Å². The normalized spacial score (nSPS) is 17.9. The van der Waals surface area contributed by atoms with E-state index in [0.717, 1.165) is 18.9 Å². The van der Waals surface area contributed by atoms with Gasteiger partial charge in [0.1, 0.15) is 11.4 Å². The van der Waals surface area contributed by atoms with Gasteiger partial charge in [-0.1, -0.05) is 6.07 Å². The van der Waals surface area contributed by atoms with Crippen molar-refractivity contribution in [3.8, 4) is 11.5 Å². The number of nitrogens with one attached hydrogen (secondary N) is 1. The van der Waals surface area contributed by atoms with Crippen LogP contribution in [0.15, 0.2) is 18.2 Å². The molecule has 0 aromatic carbocycles. The number of anilines is 1. The van der Waals surface area contributed by atoms with Gasteiger partial charge in [0.2, 0.25) is 11.2 Å². The molecule has 0 spiro atoms. The van der Waals surface area contributed by atoms with Gasteiger partial charge in [-0.25, -0.2) is 4.98 Å². The first-order valence-electron chi connectivity index (χ1n) is 7.23. The smallest absolute Gasteiger partial charge is 0.376 e. The van der Waals surface area contributed by atoms with Crippen molar-refractivity contribution in [1.29, 1.82) is 0 Å². The van der Waals surface area contributed by atoms with E-state index in [0.29, 0.717) is 13.2 Å². The van der Waals surface area contributed by atoms with Crippen LogP contribution in [0, 0.1) is 0 Å². The Bertz CT molecular complexity index is 722. The number of rotatable bonds is 4. The SMILES string of the molecule is FC(F)(F)c1cccc(-c2nc(Cl)nc(NCC3CCCO3)n2)n1. The highest BCUT2D eigenvalue weighted by Crippen LogP contribution is 2.29. The Hall–Kier alpha value is -2.00. The number of nitrogens with zero attached hydrogens (tertiary/aromatic N) is 4. The third-order valence-corrected chi connectivity index (χ3v) is 3.56. The minimum atomic E-state index is -4.55. The first kappa shape index (κ1) is 16.8. The highest BCUT2D eigenvalue weighted by Gasteiger charge is 2.32. The molecule has 1 unspecified atom stereocenters. The lowest BCUT2D eigenvalue weighted by atomic mass is 10.2. The Balaban J connectivity index is 1.83. The van der Waals surface area contributed by atoms with Gasteiger partial charge in [-0.15, -0.1) is 0 Å². The van der Waals surface area contributed by atoms with Gasteiger partial charge < -0.3 is 10.1 Å². The Labute approximate surface area is 140 Å². The molecule has 2 aromatic heterocycles. The zero-order valence-corrected chi connectivity index (χ0v) is 13.1. The summed E-state index contributed by atoms with van der Waals surface area (Å²) in [6.07, 6.45) is -2.58. The van der Waals surface area contributed by atoms with E-state index >= 15 is 0 Å². The van der Waals surface area contributed by atoms with Crippen molar-refractivity contribution >= 4 is 17.5 Å². The minimum Gasteiger partial charge on any atom is -0.376 e. The van der Waals surface area contributed by atoms with Crippen molar-refractivity contribution in [1.82, 2.24) is 19.9 Å². The minimum absolute atomic E-state index is 0.0315. The molecule has 6 nitrogen and oxygen atoms in total. The average molecular weight is 360 g/mol. The molecule has 0 radical (unpaired) electrons. The Morgan fingerprint density at radius 1 is 1.21 bits per heavy atom. The number of alkyl halides is 3. The first-order valence-corrected chi connectivity index (χ1v) is 7.61. The van der Waals surface area contributed by atoms with Crippen LogP contribution in [0.3, 0.4) is 0 Å². The molecule has 0 aliphatic carbocycles. The van der Waals surface area contributed by atoms with Crippen molar-refractivity contribution in [2.75, 3.05) is 18.5 Å². The quantitative estimate of drug-likeness (QED) is 0.903. The van der Waals surface area contributed by atoms with Gasteiger partial charge in [-0.2, -0.15) is 28.1 Å². The largest absolute Gasteiger partial charge is 0.433 e. The summed E-state index contributed by atoms with van der Waals surface area (Å²) in [5.74, 6) is 0.135. The fourth-order valence-corrected chi connectivity index (χ4v) is 2.43. The lowest BCUT2D eigenvalue weighted by Crippen LogP contribution is -2.20. The van der Waals surface area contributed by atoms with E-state index in [4.69, 9.17) is 16.3 Å². The summed E-state index contributed by atoms with van der Waals surface area (Å²) in [6, 6.07) is 3.50. The van der Waals surface area contributed by atoms with Gasteiger partial charge in [0.05, 0.1) is 6.10 Å². The van der Waals surface area contributed by atoms with Crippen LogP contribution < -0.4 is 5.32 Å². The van der Waals surface area contributed by atoms with Gasteiger partial charge in [0.15, 0.2) is 5.82 Å². The molecule has 10 heteroatoms. The third-order valence-electron chi connectivity index (χ3n) is 3.39. The summed E-state index contributed by atoms with van der Waals surface area (Å²) >= 11 is 5.84. The highest BCUT2D eigenvalue weighted by molar-refractivity contribution is 6.28. The van der Waals surface area contributed by atoms with Crippen LogP contribution in [-0.2, 0) is 10.9 Å². The zero-order chi connectivity index (χ0) is 17.2. The molecule has 0 amide bonds. The zero-order valence-electron chi connectivity index (χ0n) is 12.3. The number of hydrogen-bond acceptors (Lipinski definition) is 6. The monoisotopic (exact) mass is 359 g/mol. The lowest BCUT2D eigenvalue weighted by Gasteiger charge is -2.11. The lowest BCUT2D eigenvalue weighted by molar-refractivity contribution is -0.141. The summed E-state index contributed by atoms with van der Waals surface area (Å²) < 4.78 is 43.8. The molecule has 3 rings (SSSR count). The number of ether oxygens (including phenoxy) is 1. The predicted octanol–water partition coefficient (Wildman–Crippen LogP) is 3.20. The van der Waals surface area contributed by atoms with Crippen LogP contribution >= 0.6 is 11.6 Å². The van der Waals surface area contributed by atoms with Crippen LogP contribution in [-0.4, -0.2) is 39.2 Å². The molecule has 1 fully saturated rings. The van der Waals surface area contributed by atoms with Crippen LogP contribution in [0.4, 0.5) is 19.1 Å². The molecule has 1 aliphatic rings. The summed E-state index contributed by atoms with van der Waals surface area (Å²) in [4.78, 5) is 15.4. The van der Waals surface area contributed by atoms with Crippen molar-refractivity contribution in [3.05, 3.63) is 29.2 Å². The predicted molar refractivity (Wildman–Crippen MR) is 80.5 cm³/mol. The number of hydrogen-bond donors (Lipinski definition) is 1. The van der Waals surface area contributed by atoms with E-state index in [1.54, 1.807) is 0 Å². The molecule has 2 aromatic rings. The average Bonchev–Trinajstić information content (AvgIpc) is 3.05. The van der Waals surface area contributed by atoms with Gasteiger partial charge >= 0.3 is 6.18 Å². The molecule has 0 saturated carbocycles. The van der Waals surface area contributed by atoms with Crippen molar-refractivity contribution in [2.45, 2.75) is 25.1 Å². The maximum atomic E-state index is 12.8. The molecule has 128 valence electrons. The third kappa shape index (κ3) is 4.09. The molecule has 24 heavy (non-hydrogen) atoms. The van der Waals surface area contributed by atoms with E-state index in [1.165, 1.54) is 12.1 Å². The van der Waals surface area contributed by atoms with Crippen LogP contribution in [0.2, 0.25) is 5.28 Å². The van der Waals surface area contributed by atoms with E-state index in [1.807, 2.05) is 0 Å². The summed E-state index contributed by atoms with van der Waals surface area (Å²) in [5, 5.41) is 2.83. The van der Waals surface area contributed by atoms with Crippen molar-refractivity contribution < 1.29 is 17.9 Å².